The lowest BCUT2D eigenvalue weighted by molar-refractivity contribution is 0.304. The Morgan fingerprint density at radius 1 is 1.29 bits per heavy atom. The fraction of sp³-hybridized carbons (Fsp3) is 0.923. The van der Waals surface area contributed by atoms with Crippen molar-refractivity contribution in [2.75, 3.05) is 11.5 Å². The molecule has 0 aliphatic rings. The number of thioether (sulfide) groups is 1. The largest absolute Gasteiger partial charge is 0.409 e. The topological polar surface area (TPSA) is 58.6 Å². The lowest BCUT2D eigenvalue weighted by Gasteiger charge is -2.22. The molecule has 3 N–H and O–H groups in total. The van der Waals surface area contributed by atoms with E-state index in [4.69, 9.17) is 10.9 Å². The van der Waals surface area contributed by atoms with Crippen molar-refractivity contribution in [3.8, 4) is 0 Å². The highest BCUT2D eigenvalue weighted by Gasteiger charge is 2.22. The molecular weight excluding hydrogens is 232 g/mol. The Kier molecular flexibility index (Phi) is 8.48. The molecule has 17 heavy (non-hydrogen) atoms. The molecule has 0 aliphatic heterocycles. The van der Waals surface area contributed by atoms with Gasteiger partial charge in [0.05, 0.1) is 0 Å². The minimum atomic E-state index is -0.183. The predicted octanol–water partition coefficient (Wildman–Crippen LogP) is 3.71. The van der Waals surface area contributed by atoms with Crippen molar-refractivity contribution < 1.29 is 5.21 Å². The summed E-state index contributed by atoms with van der Waals surface area (Å²) >= 11 is 2.04. The molecule has 4 heteroatoms. The Hall–Kier alpha value is -0.380. The van der Waals surface area contributed by atoms with Crippen LogP contribution in [0.25, 0.3) is 0 Å². The van der Waals surface area contributed by atoms with Crippen molar-refractivity contribution in [2.24, 2.45) is 22.2 Å². The van der Waals surface area contributed by atoms with E-state index in [2.05, 4.69) is 19.0 Å². The zero-order valence-corrected chi connectivity index (χ0v) is 12.5. The number of hydrogen-bond acceptors (Lipinski definition) is 3. The molecule has 0 amide bonds. The standard InChI is InChI=1S/C13H28N2OS/c1-11(2)7-10-17-9-6-5-8-13(3,4)12(14)15-16/h11,16H,5-10H2,1-4H3,(H2,14,15). The third kappa shape index (κ3) is 8.36. The van der Waals surface area contributed by atoms with E-state index in [1.165, 1.54) is 24.3 Å². The highest BCUT2D eigenvalue weighted by atomic mass is 32.2. The quantitative estimate of drug-likeness (QED) is 0.218. The highest BCUT2D eigenvalue weighted by Crippen LogP contribution is 2.24. The Balaban J connectivity index is 3.52. The van der Waals surface area contributed by atoms with Gasteiger partial charge in [0.1, 0.15) is 5.84 Å². The van der Waals surface area contributed by atoms with Crippen molar-refractivity contribution in [3.05, 3.63) is 0 Å². The molecule has 0 saturated heterocycles. The maximum absolute atomic E-state index is 8.65. The molecule has 0 fully saturated rings. The first-order valence-electron chi connectivity index (χ1n) is 6.46. The number of amidine groups is 1. The van der Waals surface area contributed by atoms with Crippen LogP contribution in [0.5, 0.6) is 0 Å². The fourth-order valence-corrected chi connectivity index (χ4v) is 2.71. The molecule has 3 nitrogen and oxygen atoms in total. The van der Waals surface area contributed by atoms with E-state index < -0.39 is 0 Å². The minimum absolute atomic E-state index is 0.183. The second-order valence-corrected chi connectivity index (χ2v) is 6.85. The molecule has 0 aromatic heterocycles. The maximum atomic E-state index is 8.65. The first-order chi connectivity index (χ1) is 7.90. The summed E-state index contributed by atoms with van der Waals surface area (Å²) in [5.74, 6) is 3.63. The van der Waals surface area contributed by atoms with Crippen molar-refractivity contribution in [1.29, 1.82) is 0 Å². The summed E-state index contributed by atoms with van der Waals surface area (Å²) in [7, 11) is 0. The molecule has 0 bridgehead atoms. The first-order valence-corrected chi connectivity index (χ1v) is 7.61. The van der Waals surface area contributed by atoms with Crippen molar-refractivity contribution >= 4 is 17.6 Å². The summed E-state index contributed by atoms with van der Waals surface area (Å²) in [6, 6.07) is 0. The maximum Gasteiger partial charge on any atom is 0.144 e. The molecule has 0 aliphatic carbocycles. The summed E-state index contributed by atoms with van der Waals surface area (Å²) in [5.41, 5.74) is 5.46. The van der Waals surface area contributed by atoms with Gasteiger partial charge in [-0.3, -0.25) is 0 Å². The van der Waals surface area contributed by atoms with Gasteiger partial charge in [0.25, 0.3) is 0 Å². The van der Waals surface area contributed by atoms with Crippen molar-refractivity contribution in [1.82, 2.24) is 0 Å². The van der Waals surface area contributed by atoms with Gasteiger partial charge in [-0.1, -0.05) is 39.3 Å². The summed E-state index contributed by atoms with van der Waals surface area (Å²) in [6.45, 7) is 8.57. The van der Waals surface area contributed by atoms with E-state index in [0.29, 0.717) is 5.84 Å². The van der Waals surface area contributed by atoms with E-state index in [1.54, 1.807) is 0 Å². The van der Waals surface area contributed by atoms with Gasteiger partial charge in [-0.05, 0) is 36.7 Å². The average molecular weight is 260 g/mol. The van der Waals surface area contributed by atoms with E-state index in [-0.39, 0.29) is 5.41 Å². The Bertz CT molecular complexity index is 227. The van der Waals surface area contributed by atoms with Crippen molar-refractivity contribution in [2.45, 2.75) is 53.4 Å². The van der Waals surface area contributed by atoms with Crippen molar-refractivity contribution in [3.63, 3.8) is 0 Å². The molecule has 0 saturated carbocycles. The lowest BCUT2D eigenvalue weighted by Crippen LogP contribution is -2.31. The predicted molar refractivity (Wildman–Crippen MR) is 77.8 cm³/mol. The second-order valence-electron chi connectivity index (χ2n) is 5.62. The third-order valence-electron chi connectivity index (χ3n) is 2.98. The van der Waals surface area contributed by atoms with Crippen LogP contribution < -0.4 is 5.73 Å². The highest BCUT2D eigenvalue weighted by molar-refractivity contribution is 7.99. The second kappa shape index (κ2) is 8.67. The zero-order chi connectivity index (χ0) is 13.3. The normalized spacial score (nSPS) is 13.4. The number of nitrogens with two attached hydrogens (primary N) is 1. The molecule has 0 atom stereocenters. The van der Waals surface area contributed by atoms with E-state index in [1.807, 2.05) is 25.6 Å². The van der Waals surface area contributed by atoms with Crippen LogP contribution in [0.3, 0.4) is 0 Å². The van der Waals surface area contributed by atoms with Crippen LogP contribution in [0.15, 0.2) is 5.16 Å². The van der Waals surface area contributed by atoms with Gasteiger partial charge in [-0.15, -0.1) is 0 Å². The molecule has 0 rings (SSSR count). The first kappa shape index (κ1) is 16.6. The third-order valence-corrected chi connectivity index (χ3v) is 4.08. The molecular formula is C13H28N2OS. The number of nitrogens with zero attached hydrogens (tertiary/aromatic N) is 1. The number of oxime groups is 1. The number of rotatable bonds is 9. The summed E-state index contributed by atoms with van der Waals surface area (Å²) in [6.07, 6.45) is 4.64. The molecule has 0 aromatic carbocycles. The van der Waals surface area contributed by atoms with E-state index in [9.17, 15) is 0 Å². The minimum Gasteiger partial charge on any atom is -0.409 e. The Morgan fingerprint density at radius 3 is 2.47 bits per heavy atom. The number of unbranched alkanes of at least 4 members (excludes halogenated alkanes) is 1. The monoisotopic (exact) mass is 260 g/mol. The fourth-order valence-electron chi connectivity index (χ4n) is 1.46. The molecule has 0 unspecified atom stereocenters. The summed E-state index contributed by atoms with van der Waals surface area (Å²) in [5, 5.41) is 11.8. The van der Waals surface area contributed by atoms with Crippen LogP contribution in [0.4, 0.5) is 0 Å². The van der Waals surface area contributed by atoms with Gasteiger partial charge < -0.3 is 10.9 Å². The SMILES string of the molecule is CC(C)CCSCCCCC(C)(C)C(N)=NO. The molecule has 102 valence electrons. The van der Waals surface area contributed by atoms with E-state index >= 15 is 0 Å². The van der Waals surface area contributed by atoms with Crippen LogP contribution in [-0.4, -0.2) is 22.5 Å². The van der Waals surface area contributed by atoms with E-state index in [0.717, 1.165) is 18.8 Å². The summed E-state index contributed by atoms with van der Waals surface area (Å²) < 4.78 is 0. The van der Waals surface area contributed by atoms with Gasteiger partial charge in [0, 0.05) is 5.41 Å². The van der Waals surface area contributed by atoms with Gasteiger partial charge in [0.2, 0.25) is 0 Å². The van der Waals surface area contributed by atoms with Gasteiger partial charge in [-0.25, -0.2) is 0 Å². The molecule has 0 spiro atoms. The Labute approximate surface area is 110 Å². The zero-order valence-electron chi connectivity index (χ0n) is 11.7. The van der Waals surface area contributed by atoms with Crippen LogP contribution in [0.1, 0.15) is 53.4 Å². The Morgan fingerprint density at radius 2 is 1.94 bits per heavy atom. The van der Waals surface area contributed by atoms with Crippen LogP contribution in [0.2, 0.25) is 0 Å². The number of hydrogen-bond donors (Lipinski definition) is 2. The van der Waals surface area contributed by atoms with Gasteiger partial charge >= 0.3 is 0 Å². The lowest BCUT2D eigenvalue weighted by atomic mass is 9.86. The average Bonchev–Trinajstić information content (AvgIpc) is 2.26. The van der Waals surface area contributed by atoms with Crippen LogP contribution in [-0.2, 0) is 0 Å². The summed E-state index contributed by atoms with van der Waals surface area (Å²) in [4.78, 5) is 0. The van der Waals surface area contributed by atoms with Crippen LogP contribution in [0, 0.1) is 11.3 Å². The van der Waals surface area contributed by atoms with Crippen LogP contribution >= 0.6 is 11.8 Å². The smallest absolute Gasteiger partial charge is 0.144 e. The molecule has 0 radical (unpaired) electrons. The van der Waals surface area contributed by atoms with Gasteiger partial charge in [-0.2, -0.15) is 11.8 Å². The van der Waals surface area contributed by atoms with Gasteiger partial charge in [0.15, 0.2) is 0 Å². The molecule has 0 aromatic rings. The molecule has 0 heterocycles.